The Balaban J connectivity index is 0.832. The lowest BCUT2D eigenvalue weighted by molar-refractivity contribution is -0.121. The van der Waals surface area contributed by atoms with Crippen molar-refractivity contribution in [1.29, 1.82) is 0 Å². The van der Waals surface area contributed by atoms with Gasteiger partial charge in [0.2, 0.25) is 23.2 Å². The first-order valence-corrected chi connectivity index (χ1v) is 28.7. The topological polar surface area (TPSA) is 283 Å². The zero-order valence-electron chi connectivity index (χ0n) is 46.4. The van der Waals surface area contributed by atoms with Crippen LogP contribution in [-0.4, -0.2) is 132 Å². The quantitative estimate of drug-likeness (QED) is 0.0279. The van der Waals surface area contributed by atoms with E-state index in [0.717, 1.165) is 81.5 Å². The molecule has 1 fully saturated rings. The van der Waals surface area contributed by atoms with Crippen LogP contribution in [0.1, 0.15) is 133 Å². The highest BCUT2D eigenvalue weighted by Gasteiger charge is 2.46. The molecule has 2 amide bonds. The number of aliphatic hydroxyl groups excluding tert-OH is 2. The fourth-order valence-electron chi connectivity index (χ4n) is 11.9. The molecule has 4 atom stereocenters. The van der Waals surface area contributed by atoms with Gasteiger partial charge in [0.25, 0.3) is 11.5 Å². The second-order valence-electron chi connectivity index (χ2n) is 22.0. The first-order valence-electron chi connectivity index (χ1n) is 27.1. The van der Waals surface area contributed by atoms with Gasteiger partial charge in [-0.15, -0.1) is 0 Å². The maximum atomic E-state index is 14.7. The van der Waals surface area contributed by atoms with E-state index in [-0.39, 0.29) is 52.4 Å². The summed E-state index contributed by atoms with van der Waals surface area (Å²) in [4.78, 5) is 73.8. The molecule has 0 bridgehead atoms. The molecule has 0 radical (unpaired) electrons. The Morgan fingerprint density at radius 3 is 2.35 bits per heavy atom. The van der Waals surface area contributed by atoms with E-state index in [0.29, 0.717) is 44.5 Å². The number of aliphatic hydroxyl groups is 2. The van der Waals surface area contributed by atoms with Crippen LogP contribution in [0.25, 0.3) is 27.9 Å². The van der Waals surface area contributed by atoms with Crippen molar-refractivity contribution in [1.82, 2.24) is 34.3 Å². The number of aromatic amines is 1. The Labute approximate surface area is 458 Å². The number of imidazole rings is 1. The number of amides is 2. The van der Waals surface area contributed by atoms with E-state index >= 15 is 0 Å². The van der Waals surface area contributed by atoms with Crippen molar-refractivity contribution in [2.24, 2.45) is 0 Å². The van der Waals surface area contributed by atoms with Crippen molar-refractivity contribution >= 4 is 65.1 Å². The highest BCUT2D eigenvalue weighted by atomic mass is 31.2. The molecule has 3 aromatic carbocycles. The molecule has 21 nitrogen and oxygen atoms in total. The fraction of sp³-hybridized carbons (Fsp3) is 0.474. The van der Waals surface area contributed by atoms with Crippen LogP contribution in [0.5, 0.6) is 11.5 Å². The molecule has 4 aliphatic heterocycles. The molecule has 9 rings (SSSR count). The molecule has 6 heterocycles. The number of carbonyl (C=O) groups is 2. The molecular weight excluding hydrogens is 1030 g/mol. The minimum Gasteiger partial charge on any atom is -0.456 e. The maximum Gasteiger partial charge on any atom is 0.469 e. The number of phosphoric acid groups is 1. The summed E-state index contributed by atoms with van der Waals surface area (Å²) in [6.45, 7) is 19.7. The number of H-pyrrole nitrogens is 1. The predicted octanol–water partition coefficient (Wildman–Crippen LogP) is 5.15. The van der Waals surface area contributed by atoms with Crippen molar-refractivity contribution < 1.29 is 48.2 Å². The van der Waals surface area contributed by atoms with Gasteiger partial charge in [-0.25, -0.2) is 14.1 Å². The standard InChI is InChI=1S/C57H73N10O11P/c1-10-65-40-27-42-38(25-36(40)32(3)29-56(65,5)6)46(39-26-37-33(4)30-57(7,8)66(11-2)41(37)28-43(39)77-42)34-19-14-15-20-35(34)52(72)64(9)24-18-21-45(68)59-22-16-12-13-17-23-60-55-61-47-50(62-54(58)63-51(47)71)67(55)53-49(70)48(69)44(78-53)31-76-79(73,74)75/h14-15,19-20,25-30,44,48-49,53,69-70H,10-13,16-18,21-24,31H2,1-9H3,(H6,58,59,63,68,71,72,73,74,75)/p+1/t44-,48-,49-,53-/m1/s1. The number of unbranched alkanes of at least 4 members (excludes halogenated alkanes) is 3. The van der Waals surface area contributed by atoms with Gasteiger partial charge in [0.15, 0.2) is 22.9 Å². The number of anilines is 3. The Morgan fingerprint density at radius 1 is 0.911 bits per heavy atom. The molecule has 0 spiro atoms. The van der Waals surface area contributed by atoms with Gasteiger partial charge in [-0.05, 0) is 102 Å². The molecule has 0 saturated carbocycles. The second-order valence-corrected chi connectivity index (χ2v) is 23.2. The number of nitrogens with zero attached hydrogens (tertiary/aromatic N) is 6. The number of likely N-dealkylation sites (N-methyl/N-ethyl adjacent to an activating group) is 2. The summed E-state index contributed by atoms with van der Waals surface area (Å²) in [7, 11) is -3.13. The molecule has 0 aliphatic carbocycles. The average Bonchev–Trinajstić information content (AvgIpc) is 4.03. The van der Waals surface area contributed by atoms with Crippen LogP contribution in [0.15, 0.2) is 65.5 Å². The lowest BCUT2D eigenvalue weighted by Gasteiger charge is -2.43. The van der Waals surface area contributed by atoms with Crippen molar-refractivity contribution in [3.8, 4) is 11.5 Å². The number of ether oxygens (including phenoxy) is 2. The largest absolute Gasteiger partial charge is 0.469 e. The highest BCUT2D eigenvalue weighted by Crippen LogP contribution is 2.47. The summed E-state index contributed by atoms with van der Waals surface area (Å²) in [5, 5.41) is 29.7. The van der Waals surface area contributed by atoms with Crippen molar-refractivity contribution in [3.63, 3.8) is 0 Å². The summed E-state index contributed by atoms with van der Waals surface area (Å²) < 4.78 is 32.3. The minimum absolute atomic E-state index is 0.0448. The summed E-state index contributed by atoms with van der Waals surface area (Å²) in [6, 6.07) is 16.6. The number of carbonyl (C=O) groups excluding carboxylic acids is 2. The van der Waals surface area contributed by atoms with E-state index in [1.54, 1.807) is 11.9 Å². The number of hydrogen-bond acceptors (Lipinski definition) is 14. The number of benzene rings is 3. The Hall–Kier alpha value is -6.71. The lowest BCUT2D eigenvalue weighted by atomic mass is 9.83. The van der Waals surface area contributed by atoms with Crippen molar-refractivity contribution in [3.05, 3.63) is 109 Å². The van der Waals surface area contributed by atoms with E-state index in [2.05, 4.69) is 131 Å². The molecular formula is C57H74N10O11P+. The Morgan fingerprint density at radius 2 is 1.63 bits per heavy atom. The van der Waals surface area contributed by atoms with E-state index in [1.807, 2.05) is 24.3 Å². The van der Waals surface area contributed by atoms with Crippen LogP contribution in [0.3, 0.4) is 0 Å². The smallest absolute Gasteiger partial charge is 0.456 e. The zero-order chi connectivity index (χ0) is 56.9. The lowest BCUT2D eigenvalue weighted by Crippen LogP contribution is -2.49. The number of fused-ring (bicyclic) bond motifs is 5. The third kappa shape index (κ3) is 11.4. The van der Waals surface area contributed by atoms with Crippen LogP contribution in [0, 0.1) is 0 Å². The number of aromatic nitrogens is 4. The Kier molecular flexibility index (Phi) is 16.2. The van der Waals surface area contributed by atoms with Crippen LogP contribution in [-0.2, 0) is 18.6 Å². The van der Waals surface area contributed by atoms with Crippen molar-refractivity contribution in [2.75, 3.05) is 62.3 Å². The third-order valence-electron chi connectivity index (χ3n) is 15.5. The van der Waals surface area contributed by atoms with E-state index in [1.165, 1.54) is 15.7 Å². The minimum atomic E-state index is -4.91. The van der Waals surface area contributed by atoms with Crippen LogP contribution in [0.2, 0.25) is 0 Å². The number of hydrogen-bond donors (Lipinski definition) is 8. The summed E-state index contributed by atoms with van der Waals surface area (Å²) in [5.41, 5.74) is 13.5. The maximum absolute atomic E-state index is 14.7. The van der Waals surface area contributed by atoms with Crippen LogP contribution in [0.4, 0.5) is 17.6 Å². The fourth-order valence-corrected chi connectivity index (χ4v) is 12.2. The van der Waals surface area contributed by atoms with Gasteiger partial charge >= 0.3 is 7.82 Å². The molecule has 0 unspecified atom stereocenters. The predicted molar refractivity (Wildman–Crippen MR) is 303 cm³/mol. The van der Waals surface area contributed by atoms with E-state index in [9.17, 15) is 29.2 Å². The number of nitrogens with two attached hydrogens (primary N) is 1. The highest BCUT2D eigenvalue weighted by molar-refractivity contribution is 7.46. The summed E-state index contributed by atoms with van der Waals surface area (Å²) >= 11 is 0. The zero-order valence-corrected chi connectivity index (χ0v) is 47.3. The SMILES string of the molecule is CCN1c2cc3c(cc2C(C)=CC1(C)C)C(c1ccccc1C(=O)N(C)CCCC(=O)NCCCCCCNc1nc2c(=O)[nH]c(N)nc2n1[C@@H]1O[C@H](COP(=O)(O)O)[C@@H](O)[C@H]1O)=c1cc2c(cc1O3)=[N+](CC)C(C)(C)C=C2C. The molecule has 9 N–H and O–H groups in total. The normalized spacial score (nSPS) is 19.9. The van der Waals surface area contributed by atoms with Gasteiger partial charge in [-0.3, -0.25) is 28.5 Å². The number of phosphoric ester groups is 1. The molecule has 22 heteroatoms. The monoisotopic (exact) mass is 1110 g/mol. The summed E-state index contributed by atoms with van der Waals surface area (Å²) in [5.74, 6) is 1.08. The van der Waals surface area contributed by atoms with Gasteiger partial charge in [0.05, 0.1) is 18.2 Å². The second kappa shape index (κ2) is 22.4. The van der Waals surface area contributed by atoms with Gasteiger partial charge in [0.1, 0.15) is 36.4 Å². The number of nitrogen functional groups attached to an aromatic ring is 1. The number of rotatable bonds is 20. The van der Waals surface area contributed by atoms with E-state index in [4.69, 9.17) is 25.0 Å². The summed E-state index contributed by atoms with van der Waals surface area (Å²) in [6.07, 6.45) is 2.34. The van der Waals surface area contributed by atoms with Gasteiger partial charge < -0.3 is 55.6 Å². The molecule has 5 aromatic rings. The van der Waals surface area contributed by atoms with E-state index < -0.39 is 44.5 Å². The first-order chi connectivity index (χ1) is 37.4. The van der Waals surface area contributed by atoms with Gasteiger partial charge in [-0.1, -0.05) is 37.1 Å². The molecule has 422 valence electrons. The Bertz CT molecular complexity index is 3530. The first kappa shape index (κ1) is 57.0. The van der Waals surface area contributed by atoms with Crippen molar-refractivity contribution in [2.45, 2.75) is 130 Å². The van der Waals surface area contributed by atoms with Crippen LogP contribution < -0.4 is 46.7 Å². The molecule has 79 heavy (non-hydrogen) atoms. The molecule has 2 aromatic heterocycles. The number of allylic oxidation sites excluding steroid dienone is 2. The van der Waals surface area contributed by atoms with Gasteiger partial charge in [0, 0.05) is 98.3 Å². The van der Waals surface area contributed by atoms with Gasteiger partial charge in [-0.2, -0.15) is 4.98 Å². The number of nitrogens with one attached hydrogen (secondary N) is 3. The molecule has 1 saturated heterocycles. The average molecular weight is 1110 g/mol. The molecule has 4 aliphatic rings. The third-order valence-corrected chi connectivity index (χ3v) is 16.0. The van der Waals surface area contributed by atoms with Crippen LogP contribution >= 0.6 is 7.82 Å².